The van der Waals surface area contributed by atoms with Crippen LogP contribution in [0.5, 0.6) is 0 Å². The molecule has 20 heavy (non-hydrogen) atoms. The highest BCUT2D eigenvalue weighted by Crippen LogP contribution is 2.27. The molecule has 0 saturated heterocycles. The Bertz CT molecular complexity index is 607. The van der Waals surface area contributed by atoms with Crippen molar-refractivity contribution >= 4 is 0 Å². The van der Waals surface area contributed by atoms with E-state index < -0.39 is 0 Å². The molecule has 1 heteroatoms. The first-order valence-corrected chi connectivity index (χ1v) is 7.57. The molecule has 0 amide bonds. The summed E-state index contributed by atoms with van der Waals surface area (Å²) in [5.41, 5.74) is 14.9. The summed E-state index contributed by atoms with van der Waals surface area (Å²) in [6.45, 7) is 4.36. The van der Waals surface area contributed by atoms with Crippen LogP contribution in [-0.2, 0) is 19.3 Å². The molecule has 0 saturated carbocycles. The average molecular weight is 265 g/mol. The summed E-state index contributed by atoms with van der Waals surface area (Å²) in [5.74, 6) is 0. The maximum Gasteiger partial charge on any atom is 0.0336 e. The zero-order valence-electron chi connectivity index (χ0n) is 12.4. The molecule has 2 N–H and O–H groups in total. The third-order valence-corrected chi connectivity index (χ3v) is 4.62. The quantitative estimate of drug-likeness (QED) is 0.890. The maximum atomic E-state index is 6.46. The van der Waals surface area contributed by atoms with Crippen molar-refractivity contribution < 1.29 is 0 Å². The number of benzene rings is 2. The van der Waals surface area contributed by atoms with Crippen molar-refractivity contribution in [3.05, 3.63) is 69.8 Å². The predicted molar refractivity (Wildman–Crippen MR) is 85.0 cm³/mol. The third-order valence-electron chi connectivity index (χ3n) is 4.62. The van der Waals surface area contributed by atoms with Crippen LogP contribution < -0.4 is 5.73 Å². The lowest BCUT2D eigenvalue weighted by molar-refractivity contribution is 0.714. The minimum atomic E-state index is 0.0979. The van der Waals surface area contributed by atoms with Gasteiger partial charge in [0.1, 0.15) is 0 Å². The van der Waals surface area contributed by atoms with Gasteiger partial charge in [0.05, 0.1) is 0 Å². The molecule has 0 aromatic heterocycles. The molecule has 2 aromatic rings. The molecule has 2 aromatic carbocycles. The van der Waals surface area contributed by atoms with Crippen LogP contribution in [0.15, 0.2) is 36.4 Å². The molecule has 1 atom stereocenters. The lowest BCUT2D eigenvalue weighted by Gasteiger charge is -2.17. The van der Waals surface area contributed by atoms with E-state index in [-0.39, 0.29) is 6.04 Å². The lowest BCUT2D eigenvalue weighted by Crippen LogP contribution is -2.15. The van der Waals surface area contributed by atoms with Crippen molar-refractivity contribution in [1.29, 1.82) is 0 Å². The second kappa shape index (κ2) is 5.41. The SMILES string of the molecule is Cc1cccc(C)c1CC(N)c1ccc2c(c1)CCC2. The Kier molecular flexibility index (Phi) is 3.62. The molecule has 0 radical (unpaired) electrons. The van der Waals surface area contributed by atoms with Gasteiger partial charge in [-0.2, -0.15) is 0 Å². The van der Waals surface area contributed by atoms with Gasteiger partial charge in [0.15, 0.2) is 0 Å². The van der Waals surface area contributed by atoms with E-state index in [1.54, 1.807) is 0 Å². The molecule has 3 rings (SSSR count). The van der Waals surface area contributed by atoms with Crippen molar-refractivity contribution in [2.24, 2.45) is 5.73 Å². The summed E-state index contributed by atoms with van der Waals surface area (Å²) in [6.07, 6.45) is 4.68. The maximum absolute atomic E-state index is 6.46. The van der Waals surface area contributed by atoms with E-state index in [1.807, 2.05) is 0 Å². The highest BCUT2D eigenvalue weighted by atomic mass is 14.6. The predicted octanol–water partition coefficient (Wildman–Crippen LogP) is 4.03. The monoisotopic (exact) mass is 265 g/mol. The highest BCUT2D eigenvalue weighted by Gasteiger charge is 2.15. The van der Waals surface area contributed by atoms with E-state index in [0.717, 1.165) is 6.42 Å². The summed E-state index contributed by atoms with van der Waals surface area (Å²) in [4.78, 5) is 0. The molecular weight excluding hydrogens is 242 g/mol. The number of hydrogen-bond donors (Lipinski definition) is 1. The smallest absolute Gasteiger partial charge is 0.0336 e. The van der Waals surface area contributed by atoms with Gasteiger partial charge in [-0.1, -0.05) is 36.4 Å². The van der Waals surface area contributed by atoms with E-state index in [1.165, 1.54) is 52.6 Å². The fourth-order valence-corrected chi connectivity index (χ4v) is 3.33. The lowest BCUT2D eigenvalue weighted by atomic mass is 9.92. The average Bonchev–Trinajstić information content (AvgIpc) is 2.90. The van der Waals surface area contributed by atoms with E-state index >= 15 is 0 Å². The Labute approximate surface area is 121 Å². The van der Waals surface area contributed by atoms with E-state index in [9.17, 15) is 0 Å². The summed E-state index contributed by atoms with van der Waals surface area (Å²) in [5, 5.41) is 0. The van der Waals surface area contributed by atoms with Crippen molar-refractivity contribution in [2.75, 3.05) is 0 Å². The molecule has 0 fully saturated rings. The molecule has 0 spiro atoms. The Morgan fingerprint density at radius 2 is 1.70 bits per heavy atom. The third kappa shape index (κ3) is 2.51. The Morgan fingerprint density at radius 3 is 2.45 bits per heavy atom. The van der Waals surface area contributed by atoms with Gasteiger partial charge in [-0.15, -0.1) is 0 Å². The topological polar surface area (TPSA) is 26.0 Å². The van der Waals surface area contributed by atoms with Gasteiger partial charge in [-0.3, -0.25) is 0 Å². The van der Waals surface area contributed by atoms with Gasteiger partial charge in [-0.05, 0) is 72.9 Å². The van der Waals surface area contributed by atoms with Crippen molar-refractivity contribution in [3.63, 3.8) is 0 Å². The molecule has 1 nitrogen and oxygen atoms in total. The molecule has 0 heterocycles. The minimum Gasteiger partial charge on any atom is -0.324 e. The molecule has 0 aliphatic heterocycles. The molecular formula is C19H23N. The summed E-state index contributed by atoms with van der Waals surface area (Å²) in [6, 6.07) is 13.4. The standard InChI is InChI=1S/C19H23N/c1-13-5-3-6-14(2)18(13)12-19(20)17-10-9-15-7-4-8-16(15)11-17/h3,5-6,9-11,19H,4,7-8,12,20H2,1-2H3. The molecule has 1 aliphatic rings. The van der Waals surface area contributed by atoms with Crippen LogP contribution >= 0.6 is 0 Å². The number of nitrogens with two attached hydrogens (primary N) is 1. The number of hydrogen-bond acceptors (Lipinski definition) is 1. The second-order valence-corrected chi connectivity index (χ2v) is 6.06. The number of fused-ring (bicyclic) bond motifs is 1. The van der Waals surface area contributed by atoms with Crippen LogP contribution in [0.2, 0.25) is 0 Å². The number of rotatable bonds is 3. The summed E-state index contributed by atoms with van der Waals surface area (Å²) >= 11 is 0. The van der Waals surface area contributed by atoms with Crippen LogP contribution in [-0.4, -0.2) is 0 Å². The molecule has 104 valence electrons. The number of aryl methyl sites for hydroxylation is 4. The zero-order chi connectivity index (χ0) is 14.1. The van der Waals surface area contributed by atoms with E-state index in [4.69, 9.17) is 5.73 Å². The van der Waals surface area contributed by atoms with Crippen molar-refractivity contribution in [3.8, 4) is 0 Å². The largest absolute Gasteiger partial charge is 0.324 e. The Balaban J connectivity index is 1.84. The zero-order valence-corrected chi connectivity index (χ0v) is 12.4. The normalized spacial score (nSPS) is 15.2. The van der Waals surface area contributed by atoms with Crippen LogP contribution in [0.4, 0.5) is 0 Å². The van der Waals surface area contributed by atoms with Crippen LogP contribution in [0, 0.1) is 13.8 Å². The van der Waals surface area contributed by atoms with Gasteiger partial charge >= 0.3 is 0 Å². The molecule has 0 bridgehead atoms. The van der Waals surface area contributed by atoms with Gasteiger partial charge < -0.3 is 5.73 Å². The van der Waals surface area contributed by atoms with Gasteiger partial charge in [0, 0.05) is 6.04 Å². The van der Waals surface area contributed by atoms with E-state index in [2.05, 4.69) is 50.2 Å². The van der Waals surface area contributed by atoms with Crippen molar-refractivity contribution in [2.45, 2.75) is 45.6 Å². The Morgan fingerprint density at radius 1 is 1.00 bits per heavy atom. The first-order valence-electron chi connectivity index (χ1n) is 7.57. The van der Waals surface area contributed by atoms with Gasteiger partial charge in [-0.25, -0.2) is 0 Å². The van der Waals surface area contributed by atoms with E-state index in [0.29, 0.717) is 0 Å². The van der Waals surface area contributed by atoms with Crippen LogP contribution in [0.1, 0.15) is 45.8 Å². The molecule has 1 aliphatic carbocycles. The molecule has 1 unspecified atom stereocenters. The second-order valence-electron chi connectivity index (χ2n) is 6.06. The summed E-state index contributed by atoms with van der Waals surface area (Å²) in [7, 11) is 0. The minimum absolute atomic E-state index is 0.0979. The fraction of sp³-hybridized carbons (Fsp3) is 0.368. The van der Waals surface area contributed by atoms with Crippen LogP contribution in [0.25, 0.3) is 0 Å². The fourth-order valence-electron chi connectivity index (χ4n) is 3.33. The summed E-state index contributed by atoms with van der Waals surface area (Å²) < 4.78 is 0. The highest BCUT2D eigenvalue weighted by molar-refractivity contribution is 5.39. The first-order chi connectivity index (χ1) is 9.65. The Hall–Kier alpha value is -1.60. The van der Waals surface area contributed by atoms with Crippen molar-refractivity contribution in [1.82, 2.24) is 0 Å². The van der Waals surface area contributed by atoms with Gasteiger partial charge in [0.2, 0.25) is 0 Å². The van der Waals surface area contributed by atoms with Crippen LogP contribution in [0.3, 0.4) is 0 Å². The van der Waals surface area contributed by atoms with Gasteiger partial charge in [0.25, 0.3) is 0 Å². The first kappa shape index (κ1) is 13.4.